The van der Waals surface area contributed by atoms with Crippen molar-refractivity contribution >= 4 is 33.7 Å². The number of nitrogens with zero attached hydrogens (tertiary/aromatic N) is 2. The number of amides is 1. The molecule has 176 valence electrons. The van der Waals surface area contributed by atoms with Gasteiger partial charge in [0.15, 0.2) is 11.5 Å². The first kappa shape index (κ1) is 23.8. The molecule has 4 rings (SSSR count). The molecule has 6 nitrogen and oxygen atoms in total. The zero-order valence-corrected chi connectivity index (χ0v) is 20.3. The molecule has 1 heterocycles. The molecule has 3 aromatic rings. The molecule has 1 aliphatic rings. The predicted molar refractivity (Wildman–Crippen MR) is 134 cm³/mol. The lowest BCUT2D eigenvalue weighted by atomic mass is 10.2. The van der Waals surface area contributed by atoms with Gasteiger partial charge in [-0.15, -0.1) is 0 Å². The van der Waals surface area contributed by atoms with Gasteiger partial charge in [-0.25, -0.2) is 9.82 Å². The first-order valence-corrected chi connectivity index (χ1v) is 11.8. The number of carbonyl (C=O) groups is 1. The second-order valence-corrected chi connectivity index (χ2v) is 8.73. The van der Waals surface area contributed by atoms with Crippen LogP contribution in [0.25, 0.3) is 0 Å². The van der Waals surface area contributed by atoms with E-state index in [9.17, 15) is 9.18 Å². The zero-order valence-electron chi connectivity index (χ0n) is 18.8. The number of hydrazone groups is 1. The summed E-state index contributed by atoms with van der Waals surface area (Å²) < 4.78 is 25.1. The summed E-state index contributed by atoms with van der Waals surface area (Å²) in [6, 6.07) is 17.2. The Bertz CT molecular complexity index is 1160. The molecule has 0 radical (unpaired) electrons. The van der Waals surface area contributed by atoms with Crippen molar-refractivity contribution in [2.24, 2.45) is 5.10 Å². The molecule has 0 aromatic heterocycles. The van der Waals surface area contributed by atoms with Gasteiger partial charge < -0.3 is 14.4 Å². The van der Waals surface area contributed by atoms with Crippen molar-refractivity contribution in [2.45, 2.75) is 19.4 Å². The van der Waals surface area contributed by atoms with Gasteiger partial charge in [-0.1, -0.05) is 12.1 Å². The van der Waals surface area contributed by atoms with E-state index < -0.39 is 0 Å². The fourth-order valence-corrected chi connectivity index (χ4v) is 4.11. The van der Waals surface area contributed by atoms with Crippen LogP contribution in [0.5, 0.6) is 11.5 Å². The van der Waals surface area contributed by atoms with Crippen LogP contribution in [0.2, 0.25) is 0 Å². The van der Waals surface area contributed by atoms with Gasteiger partial charge in [-0.05, 0) is 82.9 Å². The molecule has 1 N–H and O–H groups in total. The van der Waals surface area contributed by atoms with Crippen LogP contribution in [-0.2, 0) is 6.61 Å². The average Bonchev–Trinajstić information content (AvgIpc) is 3.40. The van der Waals surface area contributed by atoms with Crippen molar-refractivity contribution in [3.63, 3.8) is 0 Å². The van der Waals surface area contributed by atoms with Crippen LogP contribution < -0.4 is 19.8 Å². The molecule has 0 atom stereocenters. The number of hydrogen-bond donors (Lipinski definition) is 1. The highest BCUT2D eigenvalue weighted by atomic mass is 79.9. The predicted octanol–water partition coefficient (Wildman–Crippen LogP) is 5.54. The van der Waals surface area contributed by atoms with Crippen LogP contribution in [0.15, 0.2) is 70.2 Å². The second kappa shape index (κ2) is 11.2. The molecular weight excluding hydrogens is 501 g/mol. The molecule has 0 bridgehead atoms. The molecular formula is C26H25BrFN3O3. The van der Waals surface area contributed by atoms with Crippen molar-refractivity contribution in [2.75, 3.05) is 25.1 Å². The Morgan fingerprint density at radius 1 is 1.09 bits per heavy atom. The summed E-state index contributed by atoms with van der Waals surface area (Å²) in [4.78, 5) is 14.8. The Kier molecular flexibility index (Phi) is 7.80. The lowest BCUT2D eigenvalue weighted by Gasteiger charge is -2.17. The molecule has 0 unspecified atom stereocenters. The molecule has 0 saturated carbocycles. The minimum Gasteiger partial charge on any atom is -0.493 e. The first-order valence-electron chi connectivity index (χ1n) is 11.0. The normalized spacial score (nSPS) is 13.3. The molecule has 34 heavy (non-hydrogen) atoms. The van der Waals surface area contributed by atoms with E-state index in [0.29, 0.717) is 22.6 Å². The summed E-state index contributed by atoms with van der Waals surface area (Å²) in [5, 5.41) is 4.09. The van der Waals surface area contributed by atoms with Gasteiger partial charge in [0.25, 0.3) is 5.91 Å². The van der Waals surface area contributed by atoms with Crippen molar-refractivity contribution in [3.05, 3.63) is 87.6 Å². The van der Waals surface area contributed by atoms with Gasteiger partial charge in [0.1, 0.15) is 12.4 Å². The Balaban J connectivity index is 1.38. The highest BCUT2D eigenvalue weighted by molar-refractivity contribution is 9.10. The highest BCUT2D eigenvalue weighted by Gasteiger charge is 2.13. The topological polar surface area (TPSA) is 63.2 Å². The molecule has 1 fully saturated rings. The fourth-order valence-electron chi connectivity index (χ4n) is 3.69. The summed E-state index contributed by atoms with van der Waals surface area (Å²) in [6.07, 6.45) is 3.95. The number of carbonyl (C=O) groups excluding carboxylic acids is 1. The number of benzene rings is 3. The van der Waals surface area contributed by atoms with E-state index in [1.165, 1.54) is 31.2 Å². The molecule has 0 aliphatic carbocycles. The number of rotatable bonds is 8. The first-order chi connectivity index (χ1) is 16.5. The summed E-state index contributed by atoms with van der Waals surface area (Å²) in [6.45, 7) is 2.39. The number of nitrogens with one attached hydrogen (secondary N) is 1. The largest absolute Gasteiger partial charge is 0.493 e. The van der Waals surface area contributed by atoms with Gasteiger partial charge >= 0.3 is 0 Å². The zero-order chi connectivity index (χ0) is 23.9. The van der Waals surface area contributed by atoms with Gasteiger partial charge in [-0.2, -0.15) is 5.10 Å². The van der Waals surface area contributed by atoms with Gasteiger partial charge in [-0.3, -0.25) is 4.79 Å². The monoisotopic (exact) mass is 525 g/mol. The number of ether oxygens (including phenoxy) is 2. The van der Waals surface area contributed by atoms with Crippen LogP contribution >= 0.6 is 15.9 Å². The van der Waals surface area contributed by atoms with Crippen molar-refractivity contribution in [3.8, 4) is 11.5 Å². The van der Waals surface area contributed by atoms with Crippen molar-refractivity contribution < 1.29 is 18.7 Å². The third-order valence-corrected chi connectivity index (χ3v) is 6.25. The van der Waals surface area contributed by atoms with Crippen LogP contribution in [-0.4, -0.2) is 32.3 Å². The van der Waals surface area contributed by atoms with Gasteiger partial charge in [0.2, 0.25) is 0 Å². The number of halogens is 2. The van der Waals surface area contributed by atoms with E-state index in [1.807, 2.05) is 24.3 Å². The van der Waals surface area contributed by atoms with Crippen LogP contribution in [0.1, 0.15) is 34.3 Å². The summed E-state index contributed by atoms with van der Waals surface area (Å²) in [7, 11) is 1.54. The van der Waals surface area contributed by atoms with Crippen LogP contribution in [0.4, 0.5) is 10.1 Å². The maximum absolute atomic E-state index is 13.1. The number of hydrogen-bond acceptors (Lipinski definition) is 5. The standard InChI is InChI=1S/C26H25BrFN3O3/c1-33-24-14-20(23(27)15-25(24)34-17-18-4-8-21(28)9-5-18)16-29-30-26(32)19-6-10-22(11-7-19)31-12-2-3-13-31/h4-11,14-16H,2-3,12-13,17H2,1H3,(H,30,32)/b29-16-. The molecule has 1 aliphatic heterocycles. The summed E-state index contributed by atoms with van der Waals surface area (Å²) >= 11 is 3.50. The van der Waals surface area contributed by atoms with E-state index in [4.69, 9.17) is 9.47 Å². The van der Waals surface area contributed by atoms with E-state index in [2.05, 4.69) is 31.4 Å². The third kappa shape index (κ3) is 5.94. The molecule has 1 amide bonds. The van der Waals surface area contributed by atoms with E-state index >= 15 is 0 Å². The average molecular weight is 526 g/mol. The van der Waals surface area contributed by atoms with E-state index in [0.717, 1.165) is 28.8 Å². The Morgan fingerprint density at radius 3 is 2.47 bits per heavy atom. The van der Waals surface area contributed by atoms with E-state index in [1.54, 1.807) is 31.4 Å². The smallest absolute Gasteiger partial charge is 0.271 e. The third-order valence-electron chi connectivity index (χ3n) is 5.56. The number of anilines is 1. The highest BCUT2D eigenvalue weighted by Crippen LogP contribution is 2.33. The lowest BCUT2D eigenvalue weighted by molar-refractivity contribution is 0.0955. The summed E-state index contributed by atoms with van der Waals surface area (Å²) in [5.74, 6) is 0.457. The van der Waals surface area contributed by atoms with Crippen molar-refractivity contribution in [1.29, 1.82) is 0 Å². The fraction of sp³-hybridized carbons (Fsp3) is 0.231. The van der Waals surface area contributed by atoms with Crippen LogP contribution in [0, 0.1) is 5.82 Å². The minimum absolute atomic E-state index is 0.267. The SMILES string of the molecule is COc1cc(/C=N\NC(=O)c2ccc(N3CCCC3)cc2)c(Br)cc1OCc1ccc(F)cc1. The van der Waals surface area contributed by atoms with Gasteiger partial charge in [0.05, 0.1) is 13.3 Å². The summed E-state index contributed by atoms with van der Waals surface area (Å²) in [5.41, 5.74) is 5.78. The Morgan fingerprint density at radius 2 is 1.79 bits per heavy atom. The Labute approximate surface area is 206 Å². The molecule has 8 heteroatoms. The van der Waals surface area contributed by atoms with E-state index in [-0.39, 0.29) is 18.3 Å². The number of methoxy groups -OCH3 is 1. The molecule has 0 spiro atoms. The maximum atomic E-state index is 13.1. The maximum Gasteiger partial charge on any atom is 0.271 e. The van der Waals surface area contributed by atoms with Gasteiger partial charge in [0, 0.05) is 34.4 Å². The lowest BCUT2D eigenvalue weighted by Crippen LogP contribution is -2.19. The molecule has 3 aromatic carbocycles. The van der Waals surface area contributed by atoms with Crippen LogP contribution in [0.3, 0.4) is 0 Å². The quantitative estimate of drug-likeness (QED) is 0.309. The second-order valence-electron chi connectivity index (χ2n) is 7.88. The minimum atomic E-state index is -0.293. The van der Waals surface area contributed by atoms with Crippen molar-refractivity contribution in [1.82, 2.24) is 5.43 Å². The Hall–Kier alpha value is -3.39. The molecule has 1 saturated heterocycles.